The Bertz CT molecular complexity index is 328. The highest BCUT2D eigenvalue weighted by Crippen LogP contribution is 2.19. The zero-order valence-electron chi connectivity index (χ0n) is 11.1. The quantitative estimate of drug-likeness (QED) is 0.777. The lowest BCUT2D eigenvalue weighted by molar-refractivity contribution is 0.281. The van der Waals surface area contributed by atoms with Crippen LogP contribution in [0.3, 0.4) is 0 Å². The van der Waals surface area contributed by atoms with Gasteiger partial charge in [-0.05, 0) is 26.6 Å². The third-order valence-corrected chi connectivity index (χ3v) is 2.70. The predicted molar refractivity (Wildman–Crippen MR) is 71.2 cm³/mol. The average molecular weight is 237 g/mol. The molecule has 1 aromatic heterocycles. The molecule has 0 atom stereocenters. The van der Waals surface area contributed by atoms with E-state index in [4.69, 9.17) is 0 Å². The number of likely N-dealkylation sites (N-methyl/N-ethyl adjacent to an activating group) is 1. The number of nitrogens with zero attached hydrogens (tertiary/aromatic N) is 3. The van der Waals surface area contributed by atoms with E-state index in [-0.39, 0.29) is 6.61 Å². The van der Waals surface area contributed by atoms with Gasteiger partial charge in [0.25, 0.3) is 0 Å². The topological polar surface area (TPSA) is 39.6 Å². The number of aromatic nitrogens is 1. The summed E-state index contributed by atoms with van der Waals surface area (Å²) in [5.41, 5.74) is 2.01. The molecule has 0 aliphatic rings. The van der Waals surface area contributed by atoms with Crippen LogP contribution in [-0.4, -0.2) is 48.7 Å². The Balaban J connectivity index is 2.80. The molecule has 0 unspecified atom stereocenters. The summed E-state index contributed by atoms with van der Waals surface area (Å²) in [4.78, 5) is 8.54. The van der Waals surface area contributed by atoms with Gasteiger partial charge in [0.05, 0.1) is 6.61 Å². The first kappa shape index (κ1) is 13.9. The molecule has 0 saturated heterocycles. The molecule has 1 N–H and O–H groups in total. The Morgan fingerprint density at radius 2 is 2.00 bits per heavy atom. The van der Waals surface area contributed by atoms with Gasteiger partial charge in [-0.25, -0.2) is 0 Å². The van der Waals surface area contributed by atoms with Crippen LogP contribution in [0, 0.1) is 0 Å². The number of rotatable bonds is 7. The van der Waals surface area contributed by atoms with E-state index in [2.05, 4.69) is 35.8 Å². The number of aliphatic hydroxyl groups excluding tert-OH is 1. The molecule has 1 rings (SSSR count). The van der Waals surface area contributed by atoms with Gasteiger partial charge in [-0.3, -0.25) is 4.98 Å². The third kappa shape index (κ3) is 4.32. The van der Waals surface area contributed by atoms with Crippen molar-refractivity contribution in [3.63, 3.8) is 0 Å². The smallest absolute Gasteiger partial charge is 0.0717 e. The van der Waals surface area contributed by atoms with Crippen LogP contribution in [-0.2, 0) is 6.61 Å². The van der Waals surface area contributed by atoms with E-state index in [1.54, 1.807) is 12.4 Å². The first-order chi connectivity index (χ1) is 8.19. The Kier molecular flexibility index (Phi) is 5.94. The average Bonchev–Trinajstić information content (AvgIpc) is 2.34. The van der Waals surface area contributed by atoms with Crippen LogP contribution in [0.5, 0.6) is 0 Å². The van der Waals surface area contributed by atoms with Crippen molar-refractivity contribution < 1.29 is 5.11 Å². The fourth-order valence-corrected chi connectivity index (χ4v) is 1.79. The van der Waals surface area contributed by atoms with Gasteiger partial charge in [0.2, 0.25) is 0 Å². The highest BCUT2D eigenvalue weighted by molar-refractivity contribution is 5.51. The van der Waals surface area contributed by atoms with Crippen LogP contribution < -0.4 is 4.90 Å². The Labute approximate surface area is 104 Å². The molecule has 4 nitrogen and oxygen atoms in total. The van der Waals surface area contributed by atoms with Gasteiger partial charge in [0.1, 0.15) is 0 Å². The van der Waals surface area contributed by atoms with Gasteiger partial charge in [-0.15, -0.1) is 0 Å². The van der Waals surface area contributed by atoms with Gasteiger partial charge in [0.15, 0.2) is 0 Å². The molecule has 0 aromatic carbocycles. The van der Waals surface area contributed by atoms with E-state index < -0.39 is 0 Å². The Hall–Kier alpha value is -1.13. The summed E-state index contributed by atoms with van der Waals surface area (Å²) in [6, 6.07) is 1.98. The summed E-state index contributed by atoms with van der Waals surface area (Å²) in [5.74, 6) is 0. The normalized spacial score (nSPS) is 10.9. The SMILES string of the molecule is CCCN(CCN(C)C)c1ccncc1CO. The van der Waals surface area contributed by atoms with E-state index in [0.29, 0.717) is 0 Å². The van der Waals surface area contributed by atoms with Gasteiger partial charge in [-0.2, -0.15) is 0 Å². The van der Waals surface area contributed by atoms with E-state index in [1.165, 1.54) is 0 Å². The summed E-state index contributed by atoms with van der Waals surface area (Å²) in [6.07, 6.45) is 4.63. The zero-order chi connectivity index (χ0) is 12.7. The summed E-state index contributed by atoms with van der Waals surface area (Å²) in [7, 11) is 4.15. The minimum Gasteiger partial charge on any atom is -0.392 e. The van der Waals surface area contributed by atoms with Gasteiger partial charge < -0.3 is 14.9 Å². The van der Waals surface area contributed by atoms with E-state index in [1.807, 2.05) is 6.07 Å². The number of aliphatic hydroxyl groups is 1. The largest absolute Gasteiger partial charge is 0.392 e. The van der Waals surface area contributed by atoms with Crippen molar-refractivity contribution in [3.8, 4) is 0 Å². The Morgan fingerprint density at radius 1 is 1.24 bits per heavy atom. The number of pyridine rings is 1. The minimum absolute atomic E-state index is 0.0470. The molecule has 0 amide bonds. The third-order valence-electron chi connectivity index (χ3n) is 2.70. The summed E-state index contributed by atoms with van der Waals surface area (Å²) < 4.78 is 0. The molecule has 1 heterocycles. The molecular weight excluding hydrogens is 214 g/mol. The van der Waals surface area contributed by atoms with E-state index in [0.717, 1.165) is 37.3 Å². The van der Waals surface area contributed by atoms with Crippen molar-refractivity contribution in [3.05, 3.63) is 24.0 Å². The lowest BCUT2D eigenvalue weighted by atomic mass is 10.2. The van der Waals surface area contributed by atoms with Crippen molar-refractivity contribution in [2.24, 2.45) is 0 Å². The molecular formula is C13H23N3O. The van der Waals surface area contributed by atoms with Crippen LogP contribution in [0.4, 0.5) is 5.69 Å². The molecule has 17 heavy (non-hydrogen) atoms. The molecule has 0 saturated carbocycles. The minimum atomic E-state index is 0.0470. The van der Waals surface area contributed by atoms with Crippen LogP contribution in [0.15, 0.2) is 18.5 Å². The molecule has 96 valence electrons. The van der Waals surface area contributed by atoms with Crippen molar-refractivity contribution in [1.29, 1.82) is 0 Å². The fourth-order valence-electron chi connectivity index (χ4n) is 1.79. The van der Waals surface area contributed by atoms with Crippen molar-refractivity contribution >= 4 is 5.69 Å². The molecule has 1 aromatic rings. The maximum absolute atomic E-state index is 9.34. The first-order valence-corrected chi connectivity index (χ1v) is 6.12. The number of hydrogen-bond donors (Lipinski definition) is 1. The summed E-state index contributed by atoms with van der Waals surface area (Å²) >= 11 is 0. The molecule has 0 aliphatic heterocycles. The van der Waals surface area contributed by atoms with Crippen molar-refractivity contribution in [2.45, 2.75) is 20.0 Å². The van der Waals surface area contributed by atoms with Gasteiger partial charge in [-0.1, -0.05) is 6.92 Å². The molecule has 0 aliphatic carbocycles. The van der Waals surface area contributed by atoms with Crippen LogP contribution in [0.1, 0.15) is 18.9 Å². The second kappa shape index (κ2) is 7.25. The van der Waals surface area contributed by atoms with Gasteiger partial charge >= 0.3 is 0 Å². The van der Waals surface area contributed by atoms with Crippen LogP contribution in [0.25, 0.3) is 0 Å². The maximum Gasteiger partial charge on any atom is 0.0717 e. The fraction of sp³-hybridized carbons (Fsp3) is 0.615. The molecule has 4 heteroatoms. The highest BCUT2D eigenvalue weighted by Gasteiger charge is 2.10. The standard InChI is InChI=1S/C13H23N3O/c1-4-7-16(9-8-15(2)3)13-5-6-14-10-12(13)11-17/h5-6,10,17H,4,7-9,11H2,1-3H3. The number of hydrogen-bond acceptors (Lipinski definition) is 4. The van der Waals surface area contributed by atoms with Crippen molar-refractivity contribution in [2.75, 3.05) is 38.6 Å². The van der Waals surface area contributed by atoms with E-state index >= 15 is 0 Å². The van der Waals surface area contributed by atoms with E-state index in [9.17, 15) is 5.11 Å². The second-order valence-electron chi connectivity index (χ2n) is 4.45. The molecule has 0 radical (unpaired) electrons. The zero-order valence-corrected chi connectivity index (χ0v) is 11.1. The predicted octanol–water partition coefficient (Wildman–Crippen LogP) is 1.35. The highest BCUT2D eigenvalue weighted by atomic mass is 16.3. The summed E-state index contributed by atoms with van der Waals surface area (Å²) in [5, 5.41) is 9.34. The van der Waals surface area contributed by atoms with Gasteiger partial charge in [0, 0.05) is 43.3 Å². The van der Waals surface area contributed by atoms with Crippen LogP contribution >= 0.6 is 0 Å². The number of anilines is 1. The molecule has 0 spiro atoms. The van der Waals surface area contributed by atoms with Crippen LogP contribution in [0.2, 0.25) is 0 Å². The molecule has 0 bridgehead atoms. The first-order valence-electron chi connectivity index (χ1n) is 6.12. The maximum atomic E-state index is 9.34. The lowest BCUT2D eigenvalue weighted by Crippen LogP contribution is -2.33. The molecule has 0 fully saturated rings. The Morgan fingerprint density at radius 3 is 2.59 bits per heavy atom. The monoisotopic (exact) mass is 237 g/mol. The summed E-state index contributed by atoms with van der Waals surface area (Å²) in [6.45, 7) is 5.20. The second-order valence-corrected chi connectivity index (χ2v) is 4.45. The van der Waals surface area contributed by atoms with Crippen molar-refractivity contribution in [1.82, 2.24) is 9.88 Å². The lowest BCUT2D eigenvalue weighted by Gasteiger charge is -2.27.